The summed E-state index contributed by atoms with van der Waals surface area (Å²) in [7, 11) is 0. The van der Waals surface area contributed by atoms with Crippen LogP contribution in [-0.4, -0.2) is 10.1 Å². The Morgan fingerprint density at radius 1 is 1.40 bits per heavy atom. The standard InChI is InChI=1S/C12H18FNO/c1-3-4-5-6-12(2,15)10-7-11(13)9-14-8-10/h7-9,15H,3-6H2,1-2H3. The van der Waals surface area contributed by atoms with E-state index in [0.717, 1.165) is 25.5 Å². The highest BCUT2D eigenvalue weighted by molar-refractivity contribution is 5.17. The van der Waals surface area contributed by atoms with Gasteiger partial charge < -0.3 is 5.11 Å². The SMILES string of the molecule is CCCCCC(C)(O)c1cncc(F)c1. The molecule has 84 valence electrons. The number of nitrogens with zero attached hydrogens (tertiary/aromatic N) is 1. The van der Waals surface area contributed by atoms with E-state index >= 15 is 0 Å². The maximum absolute atomic E-state index is 12.9. The molecule has 0 bridgehead atoms. The predicted octanol–water partition coefficient (Wildman–Crippen LogP) is 3.01. The highest BCUT2D eigenvalue weighted by Gasteiger charge is 2.23. The molecule has 1 aromatic heterocycles. The molecular weight excluding hydrogens is 193 g/mol. The van der Waals surface area contributed by atoms with E-state index in [1.807, 2.05) is 0 Å². The molecule has 0 aliphatic rings. The van der Waals surface area contributed by atoms with Crippen molar-refractivity contribution in [2.75, 3.05) is 0 Å². The number of rotatable bonds is 5. The summed E-state index contributed by atoms with van der Waals surface area (Å²) in [6, 6.07) is 1.35. The fraction of sp³-hybridized carbons (Fsp3) is 0.583. The van der Waals surface area contributed by atoms with Gasteiger partial charge in [-0.1, -0.05) is 26.2 Å². The molecule has 1 unspecified atom stereocenters. The van der Waals surface area contributed by atoms with Crippen molar-refractivity contribution < 1.29 is 9.50 Å². The lowest BCUT2D eigenvalue weighted by Crippen LogP contribution is -2.21. The van der Waals surface area contributed by atoms with Crippen molar-refractivity contribution in [3.8, 4) is 0 Å². The molecule has 0 saturated heterocycles. The quantitative estimate of drug-likeness (QED) is 0.759. The zero-order valence-corrected chi connectivity index (χ0v) is 9.33. The minimum Gasteiger partial charge on any atom is -0.385 e. The van der Waals surface area contributed by atoms with Crippen LogP contribution < -0.4 is 0 Å². The van der Waals surface area contributed by atoms with Gasteiger partial charge in [-0.05, 0) is 19.4 Å². The van der Waals surface area contributed by atoms with E-state index < -0.39 is 11.4 Å². The summed E-state index contributed by atoms with van der Waals surface area (Å²) in [5.41, 5.74) is -0.414. The largest absolute Gasteiger partial charge is 0.385 e. The second-order valence-corrected chi connectivity index (χ2v) is 4.12. The number of hydrogen-bond acceptors (Lipinski definition) is 2. The third kappa shape index (κ3) is 3.59. The Balaban J connectivity index is 2.67. The molecule has 0 aliphatic carbocycles. The first kappa shape index (κ1) is 12.1. The summed E-state index contributed by atoms with van der Waals surface area (Å²) in [5.74, 6) is -0.400. The molecule has 0 amide bonds. The van der Waals surface area contributed by atoms with Crippen molar-refractivity contribution in [1.82, 2.24) is 4.98 Å². The Bertz CT molecular complexity index is 312. The summed E-state index contributed by atoms with van der Waals surface area (Å²) in [5, 5.41) is 10.1. The molecule has 2 nitrogen and oxygen atoms in total. The Hall–Kier alpha value is -0.960. The van der Waals surface area contributed by atoms with E-state index in [1.165, 1.54) is 12.3 Å². The van der Waals surface area contributed by atoms with Crippen LogP contribution in [0.25, 0.3) is 0 Å². The molecular formula is C12H18FNO. The predicted molar refractivity (Wildman–Crippen MR) is 57.9 cm³/mol. The Morgan fingerprint density at radius 2 is 2.13 bits per heavy atom. The summed E-state index contributed by atoms with van der Waals surface area (Å²) >= 11 is 0. The molecule has 0 aromatic carbocycles. The lowest BCUT2D eigenvalue weighted by Gasteiger charge is -2.23. The topological polar surface area (TPSA) is 33.1 Å². The first-order valence-electron chi connectivity index (χ1n) is 5.39. The summed E-state index contributed by atoms with van der Waals surface area (Å²) in [4.78, 5) is 3.74. The molecule has 15 heavy (non-hydrogen) atoms. The Labute approximate surface area is 90.2 Å². The van der Waals surface area contributed by atoms with Gasteiger partial charge in [0.25, 0.3) is 0 Å². The van der Waals surface area contributed by atoms with Crippen LogP contribution in [0.5, 0.6) is 0 Å². The minimum atomic E-state index is -0.968. The van der Waals surface area contributed by atoms with Crippen molar-refractivity contribution in [1.29, 1.82) is 0 Å². The van der Waals surface area contributed by atoms with Gasteiger partial charge in [-0.2, -0.15) is 0 Å². The summed E-state index contributed by atoms with van der Waals surface area (Å²) < 4.78 is 12.9. The first-order valence-corrected chi connectivity index (χ1v) is 5.39. The van der Waals surface area contributed by atoms with Crippen LogP contribution in [0.2, 0.25) is 0 Å². The number of halogens is 1. The van der Waals surface area contributed by atoms with E-state index in [9.17, 15) is 9.50 Å². The highest BCUT2D eigenvalue weighted by Crippen LogP contribution is 2.26. The first-order chi connectivity index (χ1) is 7.06. The molecule has 1 N–H and O–H groups in total. The van der Waals surface area contributed by atoms with Gasteiger partial charge in [-0.15, -0.1) is 0 Å². The van der Waals surface area contributed by atoms with Crippen LogP contribution in [0, 0.1) is 5.82 Å². The number of aliphatic hydroxyl groups is 1. The monoisotopic (exact) mass is 211 g/mol. The summed E-state index contributed by atoms with van der Waals surface area (Å²) in [6.45, 7) is 3.82. The Morgan fingerprint density at radius 3 is 2.73 bits per heavy atom. The fourth-order valence-corrected chi connectivity index (χ4v) is 1.57. The zero-order chi connectivity index (χ0) is 11.3. The molecule has 1 atom stereocenters. The molecule has 0 spiro atoms. The average molecular weight is 211 g/mol. The van der Waals surface area contributed by atoms with Crippen LogP contribution in [0.3, 0.4) is 0 Å². The molecule has 1 rings (SSSR count). The van der Waals surface area contributed by atoms with E-state index in [0.29, 0.717) is 12.0 Å². The van der Waals surface area contributed by atoms with E-state index in [4.69, 9.17) is 0 Å². The third-order valence-electron chi connectivity index (χ3n) is 2.59. The van der Waals surface area contributed by atoms with Gasteiger partial charge in [-0.3, -0.25) is 4.98 Å². The Kier molecular flexibility index (Phi) is 4.21. The van der Waals surface area contributed by atoms with Crippen LogP contribution in [0.15, 0.2) is 18.5 Å². The van der Waals surface area contributed by atoms with Crippen molar-refractivity contribution in [2.45, 2.75) is 45.1 Å². The molecule has 1 aromatic rings. The van der Waals surface area contributed by atoms with Crippen LogP contribution in [0.1, 0.15) is 45.1 Å². The lowest BCUT2D eigenvalue weighted by molar-refractivity contribution is 0.0443. The molecule has 1 heterocycles. The van der Waals surface area contributed by atoms with Crippen LogP contribution >= 0.6 is 0 Å². The number of hydrogen-bond donors (Lipinski definition) is 1. The maximum Gasteiger partial charge on any atom is 0.141 e. The number of aromatic nitrogens is 1. The van der Waals surface area contributed by atoms with Gasteiger partial charge in [0.2, 0.25) is 0 Å². The zero-order valence-electron chi connectivity index (χ0n) is 9.33. The van der Waals surface area contributed by atoms with Crippen molar-refractivity contribution in [2.24, 2.45) is 0 Å². The molecule has 0 fully saturated rings. The van der Waals surface area contributed by atoms with Crippen molar-refractivity contribution >= 4 is 0 Å². The van der Waals surface area contributed by atoms with Gasteiger partial charge in [0, 0.05) is 11.8 Å². The van der Waals surface area contributed by atoms with E-state index in [1.54, 1.807) is 6.92 Å². The highest BCUT2D eigenvalue weighted by atomic mass is 19.1. The lowest BCUT2D eigenvalue weighted by atomic mass is 9.91. The van der Waals surface area contributed by atoms with E-state index in [-0.39, 0.29) is 0 Å². The van der Waals surface area contributed by atoms with Gasteiger partial charge in [-0.25, -0.2) is 4.39 Å². The van der Waals surface area contributed by atoms with Gasteiger partial charge in [0.05, 0.1) is 11.8 Å². The second-order valence-electron chi connectivity index (χ2n) is 4.12. The number of unbranched alkanes of at least 4 members (excludes halogenated alkanes) is 2. The average Bonchev–Trinajstić information content (AvgIpc) is 2.18. The molecule has 0 aliphatic heterocycles. The molecule has 3 heteroatoms. The molecule has 0 saturated carbocycles. The number of pyridine rings is 1. The molecule has 0 radical (unpaired) electrons. The van der Waals surface area contributed by atoms with Gasteiger partial charge in [0.1, 0.15) is 5.82 Å². The van der Waals surface area contributed by atoms with Gasteiger partial charge in [0.15, 0.2) is 0 Å². The minimum absolute atomic E-state index is 0.400. The van der Waals surface area contributed by atoms with Crippen molar-refractivity contribution in [3.63, 3.8) is 0 Å². The van der Waals surface area contributed by atoms with Crippen LogP contribution in [-0.2, 0) is 5.60 Å². The second kappa shape index (κ2) is 5.21. The normalized spacial score (nSPS) is 14.9. The fourth-order valence-electron chi connectivity index (χ4n) is 1.57. The van der Waals surface area contributed by atoms with Gasteiger partial charge >= 0.3 is 0 Å². The van der Waals surface area contributed by atoms with Crippen molar-refractivity contribution in [3.05, 3.63) is 29.8 Å². The maximum atomic E-state index is 12.9. The van der Waals surface area contributed by atoms with Crippen LogP contribution in [0.4, 0.5) is 4.39 Å². The third-order valence-corrected chi connectivity index (χ3v) is 2.59. The van der Waals surface area contributed by atoms with E-state index in [2.05, 4.69) is 11.9 Å². The smallest absolute Gasteiger partial charge is 0.141 e. The summed E-state index contributed by atoms with van der Waals surface area (Å²) in [6.07, 6.45) is 6.45.